The van der Waals surface area contributed by atoms with E-state index in [-0.39, 0.29) is 11.4 Å². The zero-order valence-corrected chi connectivity index (χ0v) is 9.54. The van der Waals surface area contributed by atoms with Crippen molar-refractivity contribution in [2.75, 3.05) is 5.32 Å². The molecule has 2 aromatic rings. The molecule has 4 nitrogen and oxygen atoms in total. The molecule has 1 aromatic carbocycles. The Morgan fingerprint density at radius 1 is 1.29 bits per heavy atom. The summed E-state index contributed by atoms with van der Waals surface area (Å²) in [6.45, 7) is 3.45. The van der Waals surface area contributed by atoms with Gasteiger partial charge in [-0.25, -0.2) is 9.37 Å². The van der Waals surface area contributed by atoms with Gasteiger partial charge in [-0.2, -0.15) is 0 Å². The van der Waals surface area contributed by atoms with Crippen molar-refractivity contribution in [3.8, 4) is 0 Å². The number of aromatic nitrogens is 2. The van der Waals surface area contributed by atoms with Gasteiger partial charge in [-0.15, -0.1) is 0 Å². The summed E-state index contributed by atoms with van der Waals surface area (Å²) >= 11 is 0. The van der Waals surface area contributed by atoms with Gasteiger partial charge in [0.15, 0.2) is 0 Å². The molecular formula is C12H12FN3O. The fourth-order valence-electron chi connectivity index (χ4n) is 1.42. The first-order valence-electron chi connectivity index (χ1n) is 5.15. The molecule has 0 aliphatic rings. The summed E-state index contributed by atoms with van der Waals surface area (Å²) < 4.78 is 12.9. The molecule has 2 N–H and O–H groups in total. The fourth-order valence-corrected chi connectivity index (χ4v) is 1.42. The highest BCUT2D eigenvalue weighted by molar-refractivity contribution is 5.57. The smallest absolute Gasteiger partial charge is 0.255 e. The average molecular weight is 233 g/mol. The topological polar surface area (TPSA) is 57.8 Å². The van der Waals surface area contributed by atoms with E-state index in [1.54, 1.807) is 19.9 Å². The lowest BCUT2D eigenvalue weighted by Crippen LogP contribution is -2.13. The zero-order valence-electron chi connectivity index (χ0n) is 9.54. The second-order valence-corrected chi connectivity index (χ2v) is 3.83. The highest BCUT2D eigenvalue weighted by Crippen LogP contribution is 2.18. The first-order chi connectivity index (χ1) is 8.06. The van der Waals surface area contributed by atoms with Gasteiger partial charge in [-0.1, -0.05) is 0 Å². The Morgan fingerprint density at radius 3 is 2.71 bits per heavy atom. The molecular weight excluding hydrogens is 221 g/mol. The Labute approximate surface area is 97.5 Å². The van der Waals surface area contributed by atoms with Crippen LogP contribution in [0.25, 0.3) is 0 Å². The van der Waals surface area contributed by atoms with Crippen LogP contribution in [0.15, 0.2) is 29.2 Å². The number of nitrogens with zero attached hydrogens (tertiary/aromatic N) is 1. The number of H-pyrrole nitrogens is 1. The van der Waals surface area contributed by atoms with E-state index in [1.165, 1.54) is 18.3 Å². The Morgan fingerprint density at radius 2 is 2.06 bits per heavy atom. The summed E-state index contributed by atoms with van der Waals surface area (Å²) in [4.78, 5) is 18.0. The van der Waals surface area contributed by atoms with Crippen molar-refractivity contribution in [2.24, 2.45) is 0 Å². The van der Waals surface area contributed by atoms with Crippen LogP contribution in [-0.2, 0) is 0 Å². The van der Waals surface area contributed by atoms with Crippen molar-refractivity contribution in [2.45, 2.75) is 13.8 Å². The van der Waals surface area contributed by atoms with E-state index >= 15 is 0 Å². The number of rotatable bonds is 2. The van der Waals surface area contributed by atoms with Crippen LogP contribution in [0.2, 0.25) is 0 Å². The Kier molecular flexibility index (Phi) is 2.91. The van der Waals surface area contributed by atoms with Crippen molar-refractivity contribution in [3.05, 3.63) is 51.7 Å². The van der Waals surface area contributed by atoms with Crippen molar-refractivity contribution in [3.63, 3.8) is 0 Å². The number of benzene rings is 1. The molecule has 1 heterocycles. The van der Waals surface area contributed by atoms with Gasteiger partial charge >= 0.3 is 0 Å². The molecule has 0 amide bonds. The molecule has 2 rings (SSSR count). The Balaban J connectivity index is 2.31. The molecule has 0 unspecified atom stereocenters. The first kappa shape index (κ1) is 11.3. The lowest BCUT2D eigenvalue weighted by atomic mass is 10.2. The Hall–Kier alpha value is -2.17. The van der Waals surface area contributed by atoms with Gasteiger partial charge in [-0.3, -0.25) is 9.78 Å². The standard InChI is InChI=1S/C12H12FN3O/c1-7-5-9(13)3-4-10(7)15-12-14-6-8(2)11(17)16-12/h3-6H,1-2H3,(H2,14,15,16,17). The van der Waals surface area contributed by atoms with Gasteiger partial charge in [0.1, 0.15) is 5.82 Å². The van der Waals surface area contributed by atoms with Crippen LogP contribution >= 0.6 is 0 Å². The average Bonchev–Trinajstić information content (AvgIpc) is 2.27. The molecule has 17 heavy (non-hydrogen) atoms. The van der Waals surface area contributed by atoms with Crippen molar-refractivity contribution in [1.29, 1.82) is 0 Å². The third-order valence-corrected chi connectivity index (χ3v) is 2.42. The SMILES string of the molecule is Cc1cc(F)ccc1Nc1ncc(C)c(=O)[nH]1. The molecule has 5 heteroatoms. The minimum absolute atomic E-state index is 0.192. The van der Waals surface area contributed by atoms with Gasteiger partial charge < -0.3 is 5.32 Å². The van der Waals surface area contributed by atoms with Crippen LogP contribution in [0, 0.1) is 19.7 Å². The van der Waals surface area contributed by atoms with Crippen LogP contribution in [0.5, 0.6) is 0 Å². The van der Waals surface area contributed by atoms with E-state index in [2.05, 4.69) is 15.3 Å². The number of aromatic amines is 1. The lowest BCUT2D eigenvalue weighted by molar-refractivity contribution is 0.627. The van der Waals surface area contributed by atoms with Crippen LogP contribution in [-0.4, -0.2) is 9.97 Å². The molecule has 0 bridgehead atoms. The first-order valence-corrected chi connectivity index (χ1v) is 5.15. The highest BCUT2D eigenvalue weighted by atomic mass is 19.1. The molecule has 0 aliphatic carbocycles. The minimum Gasteiger partial charge on any atom is -0.325 e. The van der Waals surface area contributed by atoms with Crippen molar-refractivity contribution >= 4 is 11.6 Å². The number of aryl methyl sites for hydroxylation is 2. The second-order valence-electron chi connectivity index (χ2n) is 3.83. The van der Waals surface area contributed by atoms with Gasteiger partial charge in [0.2, 0.25) is 5.95 Å². The highest BCUT2D eigenvalue weighted by Gasteiger charge is 2.02. The lowest BCUT2D eigenvalue weighted by Gasteiger charge is -2.08. The molecule has 1 aromatic heterocycles. The largest absolute Gasteiger partial charge is 0.325 e. The van der Waals surface area contributed by atoms with E-state index in [9.17, 15) is 9.18 Å². The Bertz CT molecular complexity index is 607. The van der Waals surface area contributed by atoms with Gasteiger partial charge in [0, 0.05) is 17.4 Å². The maximum absolute atomic E-state index is 12.9. The number of nitrogens with one attached hydrogen (secondary N) is 2. The molecule has 0 atom stereocenters. The molecule has 0 radical (unpaired) electrons. The van der Waals surface area contributed by atoms with Gasteiger partial charge in [0.05, 0.1) is 0 Å². The normalized spacial score (nSPS) is 10.3. The molecule has 0 aliphatic heterocycles. The quantitative estimate of drug-likeness (QED) is 0.836. The maximum Gasteiger partial charge on any atom is 0.255 e. The van der Waals surface area contributed by atoms with Gasteiger partial charge in [0.25, 0.3) is 5.56 Å². The molecule has 0 saturated carbocycles. The summed E-state index contributed by atoms with van der Waals surface area (Å²) in [7, 11) is 0. The van der Waals surface area contributed by atoms with Crippen molar-refractivity contribution < 1.29 is 4.39 Å². The monoisotopic (exact) mass is 233 g/mol. The third kappa shape index (κ3) is 2.50. The van der Waals surface area contributed by atoms with E-state index in [0.717, 1.165) is 5.56 Å². The molecule has 0 spiro atoms. The predicted octanol–water partition coefficient (Wildman–Crippen LogP) is 2.27. The summed E-state index contributed by atoms with van der Waals surface area (Å²) in [5.74, 6) is 0.0497. The summed E-state index contributed by atoms with van der Waals surface area (Å²) in [5.41, 5.74) is 1.81. The van der Waals surface area contributed by atoms with Crippen LogP contribution in [0.3, 0.4) is 0 Å². The zero-order chi connectivity index (χ0) is 12.4. The number of hydrogen-bond acceptors (Lipinski definition) is 3. The second kappa shape index (κ2) is 4.37. The number of anilines is 2. The predicted molar refractivity (Wildman–Crippen MR) is 64.0 cm³/mol. The molecule has 88 valence electrons. The van der Waals surface area contributed by atoms with E-state index in [4.69, 9.17) is 0 Å². The van der Waals surface area contributed by atoms with Crippen LogP contribution in [0.4, 0.5) is 16.0 Å². The van der Waals surface area contributed by atoms with Crippen molar-refractivity contribution in [1.82, 2.24) is 9.97 Å². The molecule has 0 saturated heterocycles. The third-order valence-electron chi connectivity index (χ3n) is 2.42. The van der Waals surface area contributed by atoms with E-state index < -0.39 is 0 Å². The van der Waals surface area contributed by atoms with Gasteiger partial charge in [-0.05, 0) is 37.6 Å². The van der Waals surface area contributed by atoms with E-state index in [0.29, 0.717) is 17.2 Å². The van der Waals surface area contributed by atoms with E-state index in [1.807, 2.05) is 0 Å². The number of halogens is 1. The summed E-state index contributed by atoms with van der Waals surface area (Å²) in [5, 5.41) is 2.93. The minimum atomic E-state index is -0.293. The summed E-state index contributed by atoms with van der Waals surface area (Å²) in [6, 6.07) is 4.36. The molecule has 0 fully saturated rings. The van der Waals surface area contributed by atoms with Crippen LogP contribution in [0.1, 0.15) is 11.1 Å². The number of hydrogen-bond donors (Lipinski definition) is 2. The fraction of sp³-hybridized carbons (Fsp3) is 0.167. The summed E-state index contributed by atoms with van der Waals surface area (Å²) in [6.07, 6.45) is 1.49. The van der Waals surface area contributed by atoms with Crippen LogP contribution < -0.4 is 10.9 Å². The maximum atomic E-state index is 12.9.